The number of unbranched alkanes of at least 4 members (excludes halogenated alkanes) is 3. The van der Waals surface area contributed by atoms with Crippen molar-refractivity contribution < 1.29 is 19.5 Å². The molecule has 1 aliphatic rings. The average molecular weight is 619 g/mol. The van der Waals surface area contributed by atoms with E-state index in [1.165, 1.54) is 18.6 Å². The molecule has 1 fully saturated rings. The molecule has 1 heterocycles. The van der Waals surface area contributed by atoms with Crippen molar-refractivity contribution in [3.63, 3.8) is 0 Å². The minimum absolute atomic E-state index is 0.0686. The van der Waals surface area contributed by atoms with E-state index >= 15 is 0 Å². The number of hydrogen-bond donors (Lipinski definition) is 3. The van der Waals surface area contributed by atoms with E-state index in [0.717, 1.165) is 56.6 Å². The molecule has 0 bridgehead atoms. The van der Waals surface area contributed by atoms with Crippen molar-refractivity contribution in [2.75, 3.05) is 12.3 Å². The second kappa shape index (κ2) is 27.6. The lowest BCUT2D eigenvalue weighted by atomic mass is 10.1. The number of hydrogen-bond acceptors (Lipinski definition) is 5. The summed E-state index contributed by atoms with van der Waals surface area (Å²) in [5.41, 5.74) is 0. The second-order valence-electron chi connectivity index (χ2n) is 10.5. The molecule has 8 heteroatoms. The topological polar surface area (TPSA) is 95.5 Å². The number of rotatable bonds is 25. The molecule has 0 spiro atoms. The molecule has 1 saturated heterocycles. The van der Waals surface area contributed by atoms with Crippen LogP contribution in [0.25, 0.3) is 0 Å². The maximum Gasteiger partial charge on any atom is 0.326 e. The van der Waals surface area contributed by atoms with Crippen molar-refractivity contribution >= 4 is 39.4 Å². The number of carboxylic acids is 1. The first kappa shape index (κ1) is 37.8. The van der Waals surface area contributed by atoms with Crippen LogP contribution in [0.15, 0.2) is 60.8 Å². The lowest BCUT2D eigenvalue weighted by molar-refractivity contribution is -0.142. The first-order valence-electron chi connectivity index (χ1n) is 15.8. The van der Waals surface area contributed by atoms with Gasteiger partial charge in [-0.25, -0.2) is 4.79 Å². The predicted molar refractivity (Wildman–Crippen MR) is 182 cm³/mol. The van der Waals surface area contributed by atoms with Gasteiger partial charge in [0, 0.05) is 30.4 Å². The highest BCUT2D eigenvalue weighted by Crippen LogP contribution is 2.39. The number of carbonyl (C=O) groups excluding carboxylic acids is 2. The Morgan fingerprint density at radius 2 is 1.40 bits per heavy atom. The van der Waals surface area contributed by atoms with Crippen molar-refractivity contribution in [2.24, 2.45) is 0 Å². The third kappa shape index (κ3) is 23.4. The van der Waals surface area contributed by atoms with Gasteiger partial charge in [-0.3, -0.25) is 9.59 Å². The Morgan fingerprint density at radius 3 is 2.00 bits per heavy atom. The molecule has 0 saturated carbocycles. The van der Waals surface area contributed by atoms with Crippen molar-refractivity contribution in [3.8, 4) is 0 Å². The quantitative estimate of drug-likeness (QED) is 0.0540. The molecule has 1 aliphatic heterocycles. The highest BCUT2D eigenvalue weighted by molar-refractivity contribution is 8.77. The van der Waals surface area contributed by atoms with Gasteiger partial charge < -0.3 is 15.7 Å². The number of allylic oxidation sites excluding steroid dienone is 10. The third-order valence-corrected chi connectivity index (χ3v) is 9.72. The Labute approximate surface area is 262 Å². The van der Waals surface area contributed by atoms with Gasteiger partial charge in [0.05, 0.1) is 0 Å². The molecular formula is C34H54N2O4S2. The molecule has 42 heavy (non-hydrogen) atoms. The highest BCUT2D eigenvalue weighted by Gasteiger charge is 2.19. The van der Waals surface area contributed by atoms with E-state index in [0.29, 0.717) is 45.1 Å². The highest BCUT2D eigenvalue weighted by atomic mass is 33.1. The predicted octanol–water partition coefficient (Wildman–Crippen LogP) is 8.48. The Kier molecular flexibility index (Phi) is 24.9. The van der Waals surface area contributed by atoms with Crippen molar-refractivity contribution in [1.82, 2.24) is 10.6 Å². The maximum absolute atomic E-state index is 12.2. The molecule has 0 aromatic carbocycles. The summed E-state index contributed by atoms with van der Waals surface area (Å²) < 4.78 is 0. The zero-order valence-electron chi connectivity index (χ0n) is 25.6. The Morgan fingerprint density at radius 1 is 0.786 bits per heavy atom. The summed E-state index contributed by atoms with van der Waals surface area (Å²) in [7, 11) is 3.93. The molecular weight excluding hydrogens is 565 g/mol. The molecule has 0 aromatic heterocycles. The van der Waals surface area contributed by atoms with E-state index in [2.05, 4.69) is 78.3 Å². The maximum atomic E-state index is 12.2. The lowest BCUT2D eigenvalue weighted by Crippen LogP contribution is -2.40. The van der Waals surface area contributed by atoms with Crippen LogP contribution < -0.4 is 10.6 Å². The van der Waals surface area contributed by atoms with Gasteiger partial charge in [-0.2, -0.15) is 0 Å². The van der Waals surface area contributed by atoms with Gasteiger partial charge in [0.15, 0.2) is 0 Å². The summed E-state index contributed by atoms with van der Waals surface area (Å²) >= 11 is 0. The molecule has 1 rings (SSSR count). The molecule has 236 valence electrons. The molecule has 0 radical (unpaired) electrons. The summed E-state index contributed by atoms with van der Waals surface area (Å²) in [6.45, 7) is 2.68. The van der Waals surface area contributed by atoms with Gasteiger partial charge in [-0.1, -0.05) is 95.7 Å². The second-order valence-corrected chi connectivity index (χ2v) is 13.3. The van der Waals surface area contributed by atoms with Gasteiger partial charge in [-0.05, 0) is 83.5 Å². The van der Waals surface area contributed by atoms with E-state index in [1.807, 2.05) is 21.6 Å². The fourth-order valence-electron chi connectivity index (χ4n) is 4.28. The molecule has 3 N–H and O–H groups in total. The SMILES string of the molecule is CCC=CCC=CCC=CCC=CCC=CCCCC(=O)N[C@@H](CCCCNC(=O)CCCC[C@@H]1CCSS1)C(=O)O. The zero-order valence-corrected chi connectivity index (χ0v) is 27.3. The van der Waals surface area contributed by atoms with Gasteiger partial charge in [0.2, 0.25) is 11.8 Å². The Bertz CT molecular complexity index is 877. The van der Waals surface area contributed by atoms with E-state index in [-0.39, 0.29) is 11.8 Å². The summed E-state index contributed by atoms with van der Waals surface area (Å²) in [5, 5.41) is 15.8. The summed E-state index contributed by atoms with van der Waals surface area (Å²) in [4.78, 5) is 35.8. The standard InChI is InChI=1S/C34H54N2O4S2/c1-2-3-4-5-6-7-8-9-10-11-12-13-14-15-16-17-18-26-33(38)36-31(34(39)40)24-21-22-28-35-32(37)25-20-19-23-30-27-29-41-42-30/h3-4,6-7,9-10,12-13,15-16,30-31H,2,5,8,11,14,17-29H2,1H3,(H,35,37)(H,36,38)(H,39,40)/t30-,31+/m1/s1. The van der Waals surface area contributed by atoms with Crippen LogP contribution in [0, 0.1) is 0 Å². The zero-order chi connectivity index (χ0) is 30.5. The number of amides is 2. The summed E-state index contributed by atoms with van der Waals surface area (Å²) in [6, 6.07) is -0.881. The number of carboxylic acid groups (broad SMARTS) is 1. The Hall–Kier alpha value is -2.19. The van der Waals surface area contributed by atoms with Gasteiger partial charge in [-0.15, -0.1) is 0 Å². The van der Waals surface area contributed by atoms with Crippen LogP contribution in [-0.4, -0.2) is 46.5 Å². The first-order valence-corrected chi connectivity index (χ1v) is 18.2. The summed E-state index contributed by atoms with van der Waals surface area (Å²) in [6.07, 6.45) is 34.9. The van der Waals surface area contributed by atoms with E-state index in [1.54, 1.807) is 0 Å². The van der Waals surface area contributed by atoms with E-state index in [9.17, 15) is 19.5 Å². The van der Waals surface area contributed by atoms with Crippen LogP contribution in [0.4, 0.5) is 0 Å². The fraction of sp³-hybridized carbons (Fsp3) is 0.618. The third-order valence-electron chi connectivity index (χ3n) is 6.71. The molecule has 0 aliphatic carbocycles. The van der Waals surface area contributed by atoms with Gasteiger partial charge in [0.1, 0.15) is 6.04 Å². The fourth-order valence-corrected chi connectivity index (χ4v) is 7.31. The first-order chi connectivity index (χ1) is 20.5. The van der Waals surface area contributed by atoms with Crippen LogP contribution in [0.3, 0.4) is 0 Å². The van der Waals surface area contributed by atoms with Crippen LogP contribution >= 0.6 is 21.6 Å². The largest absolute Gasteiger partial charge is 0.480 e. The van der Waals surface area contributed by atoms with Gasteiger partial charge >= 0.3 is 5.97 Å². The molecule has 6 nitrogen and oxygen atoms in total. The van der Waals surface area contributed by atoms with Crippen LogP contribution in [-0.2, 0) is 14.4 Å². The minimum Gasteiger partial charge on any atom is -0.480 e. The molecule has 2 atom stereocenters. The number of carbonyl (C=O) groups is 3. The van der Waals surface area contributed by atoms with Crippen LogP contribution in [0.5, 0.6) is 0 Å². The van der Waals surface area contributed by atoms with Crippen LogP contribution in [0.2, 0.25) is 0 Å². The van der Waals surface area contributed by atoms with E-state index < -0.39 is 12.0 Å². The number of nitrogens with one attached hydrogen (secondary N) is 2. The Balaban J connectivity index is 2.03. The molecule has 0 unspecified atom stereocenters. The average Bonchev–Trinajstić information content (AvgIpc) is 3.49. The smallest absolute Gasteiger partial charge is 0.326 e. The van der Waals surface area contributed by atoms with Crippen molar-refractivity contribution in [1.29, 1.82) is 0 Å². The van der Waals surface area contributed by atoms with Gasteiger partial charge in [0.25, 0.3) is 0 Å². The molecule has 2 amide bonds. The minimum atomic E-state index is -1.01. The number of aliphatic carboxylic acids is 1. The molecule has 0 aromatic rings. The van der Waals surface area contributed by atoms with Crippen molar-refractivity contribution in [2.45, 2.75) is 121 Å². The monoisotopic (exact) mass is 618 g/mol. The summed E-state index contributed by atoms with van der Waals surface area (Å²) in [5.74, 6) is 0.0781. The van der Waals surface area contributed by atoms with Crippen molar-refractivity contribution in [3.05, 3.63) is 60.8 Å². The van der Waals surface area contributed by atoms with E-state index in [4.69, 9.17) is 0 Å². The lowest BCUT2D eigenvalue weighted by Gasteiger charge is -2.14. The normalized spacial score (nSPS) is 16.5. The van der Waals surface area contributed by atoms with Crippen LogP contribution in [0.1, 0.15) is 110 Å².